The number of anilines is 1. The minimum atomic E-state index is -3.91. The van der Waals surface area contributed by atoms with Gasteiger partial charge < -0.3 is 9.26 Å². The van der Waals surface area contributed by atoms with Gasteiger partial charge in [-0.2, -0.15) is 4.98 Å². The van der Waals surface area contributed by atoms with Crippen molar-refractivity contribution in [3.05, 3.63) is 59.5 Å². The SMILES string of the molecule is CCOC(=O)c1cccc(NS(=O)(=O)c2cc(-c3noc(C)n3)ccc2C)c1. The molecule has 0 atom stereocenters. The molecule has 0 aliphatic heterocycles. The molecule has 3 aromatic rings. The molecule has 3 rings (SSSR count). The van der Waals surface area contributed by atoms with Gasteiger partial charge in [0.15, 0.2) is 0 Å². The number of rotatable bonds is 6. The van der Waals surface area contributed by atoms with Crippen LogP contribution in [-0.4, -0.2) is 31.1 Å². The van der Waals surface area contributed by atoms with E-state index < -0.39 is 16.0 Å². The highest BCUT2D eigenvalue weighted by molar-refractivity contribution is 7.92. The number of esters is 1. The Hall–Kier alpha value is -3.20. The Bertz CT molecular complexity index is 1120. The van der Waals surface area contributed by atoms with Gasteiger partial charge in [-0.3, -0.25) is 4.72 Å². The Morgan fingerprint density at radius 3 is 2.64 bits per heavy atom. The number of carbonyl (C=O) groups is 1. The summed E-state index contributed by atoms with van der Waals surface area (Å²) in [6, 6.07) is 11.0. The van der Waals surface area contributed by atoms with E-state index in [0.29, 0.717) is 22.8 Å². The quantitative estimate of drug-likeness (QED) is 0.631. The van der Waals surface area contributed by atoms with E-state index >= 15 is 0 Å². The lowest BCUT2D eigenvalue weighted by Gasteiger charge is -2.12. The molecule has 1 aromatic heterocycles. The molecule has 0 radical (unpaired) electrons. The number of aryl methyl sites for hydroxylation is 2. The monoisotopic (exact) mass is 401 g/mol. The van der Waals surface area contributed by atoms with Crippen LogP contribution < -0.4 is 4.72 Å². The zero-order valence-corrected chi connectivity index (χ0v) is 16.4. The van der Waals surface area contributed by atoms with Crippen molar-refractivity contribution in [2.75, 3.05) is 11.3 Å². The average Bonchev–Trinajstić information content (AvgIpc) is 3.08. The maximum absolute atomic E-state index is 12.9. The summed E-state index contributed by atoms with van der Waals surface area (Å²) in [4.78, 5) is 16.1. The van der Waals surface area contributed by atoms with Crippen LogP contribution in [0.25, 0.3) is 11.4 Å². The van der Waals surface area contributed by atoms with Crippen LogP contribution in [0.5, 0.6) is 0 Å². The Labute approximate surface area is 162 Å². The molecular weight excluding hydrogens is 382 g/mol. The fraction of sp³-hybridized carbons (Fsp3) is 0.211. The highest BCUT2D eigenvalue weighted by Crippen LogP contribution is 2.25. The zero-order valence-electron chi connectivity index (χ0n) is 15.6. The fourth-order valence-electron chi connectivity index (χ4n) is 2.58. The van der Waals surface area contributed by atoms with E-state index in [1.54, 1.807) is 51.1 Å². The van der Waals surface area contributed by atoms with Crippen molar-refractivity contribution in [3.8, 4) is 11.4 Å². The van der Waals surface area contributed by atoms with Crippen LogP contribution in [0, 0.1) is 13.8 Å². The Morgan fingerprint density at radius 1 is 1.18 bits per heavy atom. The van der Waals surface area contributed by atoms with Gasteiger partial charge >= 0.3 is 5.97 Å². The van der Waals surface area contributed by atoms with Gasteiger partial charge in [0.05, 0.1) is 17.1 Å². The van der Waals surface area contributed by atoms with Crippen molar-refractivity contribution in [1.82, 2.24) is 10.1 Å². The number of hydrogen-bond donors (Lipinski definition) is 1. The van der Waals surface area contributed by atoms with Crippen molar-refractivity contribution in [2.24, 2.45) is 0 Å². The highest BCUT2D eigenvalue weighted by Gasteiger charge is 2.20. The lowest BCUT2D eigenvalue weighted by atomic mass is 10.1. The summed E-state index contributed by atoms with van der Waals surface area (Å²) in [5.74, 6) is 0.168. The van der Waals surface area contributed by atoms with Crippen LogP contribution in [-0.2, 0) is 14.8 Å². The number of carbonyl (C=O) groups excluding carboxylic acids is 1. The molecule has 1 heterocycles. The van der Waals surface area contributed by atoms with Crippen LogP contribution in [0.2, 0.25) is 0 Å². The van der Waals surface area contributed by atoms with E-state index in [9.17, 15) is 13.2 Å². The normalized spacial score (nSPS) is 11.2. The lowest BCUT2D eigenvalue weighted by Crippen LogP contribution is -2.15. The summed E-state index contributed by atoms with van der Waals surface area (Å²) in [5.41, 5.74) is 1.58. The molecule has 1 N–H and O–H groups in total. The first-order chi connectivity index (χ1) is 13.3. The van der Waals surface area contributed by atoms with Crippen molar-refractivity contribution in [3.63, 3.8) is 0 Å². The summed E-state index contributed by atoms with van der Waals surface area (Å²) in [7, 11) is -3.91. The third-order valence-corrected chi connectivity index (χ3v) is 5.41. The lowest BCUT2D eigenvalue weighted by molar-refractivity contribution is 0.0526. The van der Waals surface area contributed by atoms with Gasteiger partial charge in [0, 0.05) is 18.2 Å². The molecule has 2 aromatic carbocycles. The maximum Gasteiger partial charge on any atom is 0.338 e. The van der Waals surface area contributed by atoms with Crippen LogP contribution in [0.15, 0.2) is 51.9 Å². The van der Waals surface area contributed by atoms with E-state index in [1.807, 2.05) is 0 Å². The molecule has 0 aliphatic rings. The van der Waals surface area contributed by atoms with Gasteiger partial charge in [0.1, 0.15) is 0 Å². The summed E-state index contributed by atoms with van der Waals surface area (Å²) < 4.78 is 38.3. The standard InChI is InChI=1S/C19H19N3O5S/c1-4-26-19(23)15-6-5-7-16(10-15)22-28(24,25)17-11-14(9-8-12(17)2)18-20-13(3)27-21-18/h5-11,22H,4H2,1-3H3. The smallest absolute Gasteiger partial charge is 0.338 e. The second kappa shape index (κ2) is 7.81. The van der Waals surface area contributed by atoms with E-state index in [2.05, 4.69) is 14.9 Å². The molecular formula is C19H19N3O5S. The number of benzene rings is 2. The first-order valence-electron chi connectivity index (χ1n) is 8.51. The Morgan fingerprint density at radius 2 is 1.96 bits per heavy atom. The molecule has 0 unspecified atom stereocenters. The topological polar surface area (TPSA) is 111 Å². The average molecular weight is 401 g/mol. The summed E-state index contributed by atoms with van der Waals surface area (Å²) in [6.07, 6.45) is 0. The van der Waals surface area contributed by atoms with Crippen molar-refractivity contribution in [1.29, 1.82) is 0 Å². The Kier molecular flexibility index (Phi) is 5.46. The minimum absolute atomic E-state index is 0.0778. The van der Waals surface area contributed by atoms with Crippen LogP contribution in [0.1, 0.15) is 28.7 Å². The largest absolute Gasteiger partial charge is 0.462 e. The van der Waals surface area contributed by atoms with E-state index in [-0.39, 0.29) is 22.8 Å². The van der Waals surface area contributed by atoms with Gasteiger partial charge in [-0.05, 0) is 43.7 Å². The van der Waals surface area contributed by atoms with E-state index in [1.165, 1.54) is 12.1 Å². The first-order valence-corrected chi connectivity index (χ1v) is 10.00. The molecule has 0 aliphatic carbocycles. The number of hydrogen-bond acceptors (Lipinski definition) is 7. The van der Waals surface area contributed by atoms with Gasteiger partial charge in [-0.1, -0.05) is 23.4 Å². The number of nitrogens with zero attached hydrogens (tertiary/aromatic N) is 2. The molecule has 9 heteroatoms. The number of aromatic nitrogens is 2. The number of ether oxygens (including phenoxy) is 1. The molecule has 0 amide bonds. The Balaban J connectivity index is 1.93. The predicted molar refractivity (Wildman–Crippen MR) is 102 cm³/mol. The van der Waals surface area contributed by atoms with Crippen LogP contribution >= 0.6 is 0 Å². The summed E-state index contributed by atoms with van der Waals surface area (Å²) in [6.45, 7) is 5.27. The fourth-order valence-corrected chi connectivity index (χ4v) is 3.90. The molecule has 146 valence electrons. The van der Waals surface area contributed by atoms with E-state index in [0.717, 1.165) is 0 Å². The molecule has 0 saturated carbocycles. The molecule has 0 bridgehead atoms. The summed E-state index contributed by atoms with van der Waals surface area (Å²) in [5, 5.41) is 3.82. The maximum atomic E-state index is 12.9. The van der Waals surface area contributed by atoms with Crippen molar-refractivity contribution in [2.45, 2.75) is 25.7 Å². The van der Waals surface area contributed by atoms with Crippen LogP contribution in [0.3, 0.4) is 0 Å². The van der Waals surface area contributed by atoms with Gasteiger partial charge in [0.2, 0.25) is 11.7 Å². The molecule has 0 saturated heterocycles. The predicted octanol–water partition coefficient (Wildman–Crippen LogP) is 3.33. The van der Waals surface area contributed by atoms with Crippen LogP contribution in [0.4, 0.5) is 5.69 Å². The number of sulfonamides is 1. The minimum Gasteiger partial charge on any atom is -0.462 e. The van der Waals surface area contributed by atoms with Gasteiger partial charge in [-0.25, -0.2) is 13.2 Å². The van der Waals surface area contributed by atoms with Gasteiger partial charge in [0.25, 0.3) is 10.0 Å². The van der Waals surface area contributed by atoms with Crippen molar-refractivity contribution < 1.29 is 22.5 Å². The molecule has 0 fully saturated rings. The highest BCUT2D eigenvalue weighted by atomic mass is 32.2. The second-order valence-electron chi connectivity index (χ2n) is 6.02. The summed E-state index contributed by atoms with van der Waals surface area (Å²) >= 11 is 0. The number of nitrogens with one attached hydrogen (secondary N) is 1. The second-order valence-corrected chi connectivity index (χ2v) is 7.67. The third-order valence-electron chi connectivity index (χ3n) is 3.89. The first kappa shape index (κ1) is 19.6. The third kappa shape index (κ3) is 4.20. The van der Waals surface area contributed by atoms with Crippen molar-refractivity contribution >= 4 is 21.7 Å². The zero-order chi connectivity index (χ0) is 20.3. The molecule has 8 nitrogen and oxygen atoms in total. The van der Waals surface area contributed by atoms with Gasteiger partial charge in [-0.15, -0.1) is 0 Å². The molecule has 0 spiro atoms. The van der Waals surface area contributed by atoms with E-state index in [4.69, 9.17) is 9.26 Å². The molecule has 28 heavy (non-hydrogen) atoms.